The number of aromatic nitrogens is 2. The van der Waals surface area contributed by atoms with E-state index >= 15 is 0 Å². The molecule has 0 aliphatic carbocycles. The van der Waals surface area contributed by atoms with Gasteiger partial charge in [0.2, 0.25) is 0 Å². The van der Waals surface area contributed by atoms with Crippen LogP contribution in [0.3, 0.4) is 0 Å². The van der Waals surface area contributed by atoms with E-state index in [-0.39, 0.29) is 5.54 Å². The number of guanidine groups is 1. The van der Waals surface area contributed by atoms with E-state index < -0.39 is 0 Å². The summed E-state index contributed by atoms with van der Waals surface area (Å²) in [5.41, 5.74) is 4.46. The van der Waals surface area contributed by atoms with E-state index in [0.29, 0.717) is 6.54 Å². The molecule has 0 fully saturated rings. The summed E-state index contributed by atoms with van der Waals surface area (Å²) in [6.07, 6.45) is 0. The van der Waals surface area contributed by atoms with Crippen molar-refractivity contribution in [3.8, 4) is 5.69 Å². The Balaban J connectivity index is 2.08. The second-order valence-electron chi connectivity index (χ2n) is 7.45. The minimum Gasteiger partial charge on any atom is -0.355 e. The molecule has 0 saturated heterocycles. The quantitative estimate of drug-likeness (QED) is 0.617. The van der Waals surface area contributed by atoms with Crippen LogP contribution in [0.15, 0.2) is 35.3 Å². The zero-order chi connectivity index (χ0) is 19.3. The molecule has 2 aromatic rings. The first-order valence-corrected chi connectivity index (χ1v) is 8.98. The second-order valence-corrected chi connectivity index (χ2v) is 7.45. The minimum atomic E-state index is 0.0409. The van der Waals surface area contributed by atoms with Crippen molar-refractivity contribution in [1.82, 2.24) is 25.3 Å². The van der Waals surface area contributed by atoms with Crippen LogP contribution in [0.2, 0.25) is 0 Å². The summed E-state index contributed by atoms with van der Waals surface area (Å²) in [6.45, 7) is 9.98. The molecule has 0 aliphatic heterocycles. The molecule has 0 atom stereocenters. The molecule has 0 unspecified atom stereocenters. The lowest BCUT2D eigenvalue weighted by molar-refractivity contribution is 0.197. The Morgan fingerprint density at radius 2 is 1.88 bits per heavy atom. The van der Waals surface area contributed by atoms with Crippen molar-refractivity contribution in [2.24, 2.45) is 4.99 Å². The molecule has 0 spiro atoms. The average Bonchev–Trinajstić information content (AvgIpc) is 2.93. The van der Waals surface area contributed by atoms with Gasteiger partial charge in [0.1, 0.15) is 0 Å². The molecule has 2 rings (SSSR count). The van der Waals surface area contributed by atoms with Gasteiger partial charge in [-0.05, 0) is 59.5 Å². The zero-order valence-corrected chi connectivity index (χ0v) is 17.1. The molecule has 6 heteroatoms. The van der Waals surface area contributed by atoms with E-state index in [2.05, 4.69) is 84.8 Å². The van der Waals surface area contributed by atoms with Crippen molar-refractivity contribution in [2.75, 3.05) is 27.7 Å². The molecule has 0 amide bonds. The van der Waals surface area contributed by atoms with Crippen LogP contribution in [0.25, 0.3) is 5.69 Å². The highest BCUT2D eigenvalue weighted by atomic mass is 15.3. The third kappa shape index (κ3) is 4.85. The molecular weight excluding hydrogens is 324 g/mol. The van der Waals surface area contributed by atoms with Gasteiger partial charge in [0.05, 0.1) is 11.4 Å². The standard InChI is InChI=1S/C20H32N6/c1-15-12-16(2)26(24-15)18-11-9-8-10-17(18)13-22-19(21-5)23-14-20(3,4)25(6)7/h8-12H,13-14H2,1-7H3,(H2,21,22,23). The molecule has 0 aliphatic rings. The van der Waals surface area contributed by atoms with E-state index in [1.165, 1.54) is 5.56 Å². The molecule has 6 nitrogen and oxygen atoms in total. The van der Waals surface area contributed by atoms with Crippen molar-refractivity contribution in [3.05, 3.63) is 47.3 Å². The largest absolute Gasteiger partial charge is 0.355 e. The minimum absolute atomic E-state index is 0.0409. The fourth-order valence-electron chi connectivity index (χ4n) is 2.60. The summed E-state index contributed by atoms with van der Waals surface area (Å²) >= 11 is 0. The molecule has 142 valence electrons. The predicted molar refractivity (Wildman–Crippen MR) is 109 cm³/mol. The Morgan fingerprint density at radius 3 is 2.46 bits per heavy atom. The summed E-state index contributed by atoms with van der Waals surface area (Å²) in [7, 11) is 5.97. The van der Waals surface area contributed by atoms with E-state index in [9.17, 15) is 0 Å². The van der Waals surface area contributed by atoms with Crippen LogP contribution >= 0.6 is 0 Å². The fourth-order valence-corrected chi connectivity index (χ4v) is 2.60. The lowest BCUT2D eigenvalue weighted by Crippen LogP contribution is -2.50. The number of hydrogen-bond acceptors (Lipinski definition) is 3. The highest BCUT2D eigenvalue weighted by molar-refractivity contribution is 5.79. The number of benzene rings is 1. The molecule has 0 bridgehead atoms. The van der Waals surface area contributed by atoms with Gasteiger partial charge in [-0.3, -0.25) is 4.99 Å². The summed E-state index contributed by atoms with van der Waals surface area (Å²) in [5, 5.41) is 11.4. The van der Waals surface area contributed by atoms with E-state index in [1.54, 1.807) is 7.05 Å². The lowest BCUT2D eigenvalue weighted by atomic mass is 10.0. The Hall–Kier alpha value is -2.34. The van der Waals surface area contributed by atoms with Crippen molar-refractivity contribution in [2.45, 2.75) is 39.8 Å². The molecule has 0 radical (unpaired) electrons. The molecule has 26 heavy (non-hydrogen) atoms. The fraction of sp³-hybridized carbons (Fsp3) is 0.500. The number of hydrogen-bond donors (Lipinski definition) is 2. The number of nitrogens with zero attached hydrogens (tertiary/aromatic N) is 4. The summed E-state index contributed by atoms with van der Waals surface area (Å²) in [4.78, 5) is 6.54. The lowest BCUT2D eigenvalue weighted by Gasteiger charge is -2.33. The van der Waals surface area contributed by atoms with Crippen molar-refractivity contribution >= 4 is 5.96 Å². The van der Waals surface area contributed by atoms with E-state index in [1.807, 2.05) is 17.7 Å². The van der Waals surface area contributed by atoms with Crippen LogP contribution in [0.4, 0.5) is 0 Å². The van der Waals surface area contributed by atoms with Crippen molar-refractivity contribution in [1.29, 1.82) is 0 Å². The van der Waals surface area contributed by atoms with Crippen LogP contribution < -0.4 is 10.6 Å². The van der Waals surface area contributed by atoms with E-state index in [0.717, 1.165) is 29.6 Å². The number of likely N-dealkylation sites (N-methyl/N-ethyl adjacent to an activating group) is 1. The predicted octanol–water partition coefficient (Wildman–Crippen LogP) is 2.49. The normalized spacial score (nSPS) is 12.5. The van der Waals surface area contributed by atoms with Crippen LogP contribution in [0.5, 0.6) is 0 Å². The Morgan fingerprint density at radius 1 is 1.19 bits per heavy atom. The van der Waals surface area contributed by atoms with Gasteiger partial charge in [0, 0.05) is 31.4 Å². The Labute approximate surface area is 157 Å². The van der Waals surface area contributed by atoms with Gasteiger partial charge in [-0.1, -0.05) is 18.2 Å². The van der Waals surface area contributed by atoms with Crippen LogP contribution in [0, 0.1) is 13.8 Å². The molecule has 2 N–H and O–H groups in total. The molecule has 1 aromatic heterocycles. The molecule has 1 heterocycles. The number of nitrogens with one attached hydrogen (secondary N) is 2. The first kappa shape index (κ1) is 20.0. The third-order valence-corrected chi connectivity index (χ3v) is 4.80. The number of para-hydroxylation sites is 1. The van der Waals surface area contributed by atoms with Gasteiger partial charge in [0.15, 0.2) is 5.96 Å². The number of aliphatic imine (C=N–C) groups is 1. The number of rotatable bonds is 6. The number of aryl methyl sites for hydroxylation is 2. The van der Waals surface area contributed by atoms with Gasteiger partial charge in [-0.25, -0.2) is 4.68 Å². The third-order valence-electron chi connectivity index (χ3n) is 4.80. The van der Waals surface area contributed by atoms with Gasteiger partial charge >= 0.3 is 0 Å². The van der Waals surface area contributed by atoms with Gasteiger partial charge in [0.25, 0.3) is 0 Å². The Kier molecular flexibility index (Phi) is 6.42. The molecule has 1 aromatic carbocycles. The van der Waals surface area contributed by atoms with Crippen LogP contribution in [-0.2, 0) is 6.54 Å². The summed E-state index contributed by atoms with van der Waals surface area (Å²) in [6, 6.07) is 10.4. The summed E-state index contributed by atoms with van der Waals surface area (Å²) < 4.78 is 2.00. The molecule has 0 saturated carbocycles. The first-order chi connectivity index (χ1) is 12.2. The monoisotopic (exact) mass is 356 g/mol. The maximum absolute atomic E-state index is 4.61. The topological polar surface area (TPSA) is 57.5 Å². The average molecular weight is 357 g/mol. The van der Waals surface area contributed by atoms with Gasteiger partial charge in [-0.15, -0.1) is 0 Å². The molecular formula is C20H32N6. The first-order valence-electron chi connectivity index (χ1n) is 8.98. The Bertz CT molecular complexity index is 757. The highest BCUT2D eigenvalue weighted by Crippen LogP contribution is 2.17. The SMILES string of the molecule is CN=C(NCc1ccccc1-n1nc(C)cc1C)NCC(C)(C)N(C)C. The van der Waals surface area contributed by atoms with Gasteiger partial charge in [-0.2, -0.15) is 5.10 Å². The maximum Gasteiger partial charge on any atom is 0.191 e. The zero-order valence-electron chi connectivity index (χ0n) is 17.1. The van der Waals surface area contributed by atoms with E-state index in [4.69, 9.17) is 0 Å². The van der Waals surface area contributed by atoms with Crippen molar-refractivity contribution < 1.29 is 0 Å². The van der Waals surface area contributed by atoms with Gasteiger partial charge < -0.3 is 15.5 Å². The summed E-state index contributed by atoms with van der Waals surface area (Å²) in [5.74, 6) is 0.795. The smallest absolute Gasteiger partial charge is 0.191 e. The van der Waals surface area contributed by atoms with Crippen LogP contribution in [-0.4, -0.2) is 53.9 Å². The highest BCUT2D eigenvalue weighted by Gasteiger charge is 2.20. The van der Waals surface area contributed by atoms with Crippen molar-refractivity contribution in [3.63, 3.8) is 0 Å². The maximum atomic E-state index is 4.61. The van der Waals surface area contributed by atoms with Crippen LogP contribution in [0.1, 0.15) is 30.8 Å². The second kappa shape index (κ2) is 8.36.